The number of aromatic amines is 1. The molecule has 0 aromatic carbocycles. The van der Waals surface area contributed by atoms with Crippen LogP contribution in [-0.2, 0) is 0 Å². The normalized spacial score (nSPS) is 25.1. The fourth-order valence-corrected chi connectivity index (χ4v) is 3.60. The van der Waals surface area contributed by atoms with Crippen molar-refractivity contribution in [1.29, 1.82) is 0 Å². The summed E-state index contributed by atoms with van der Waals surface area (Å²) in [6.45, 7) is -2.92. The van der Waals surface area contributed by atoms with Gasteiger partial charge in [-0.1, -0.05) is 6.42 Å². The Hall–Kier alpha value is -2.49. The van der Waals surface area contributed by atoms with Crippen molar-refractivity contribution >= 4 is 11.6 Å². The van der Waals surface area contributed by atoms with E-state index in [-0.39, 0.29) is 12.0 Å². The van der Waals surface area contributed by atoms with Crippen molar-refractivity contribution in [1.82, 2.24) is 25.5 Å². The number of nitrogens with one attached hydrogen (secondary N) is 3. The van der Waals surface area contributed by atoms with Gasteiger partial charge in [-0.3, -0.25) is 10.1 Å². The molecule has 8 nitrogen and oxygen atoms in total. The molecule has 2 aromatic rings. The molecule has 2 aliphatic heterocycles. The number of rotatable bonds is 6. The van der Waals surface area contributed by atoms with E-state index in [0.29, 0.717) is 29.6 Å². The predicted octanol–water partition coefficient (Wildman–Crippen LogP) is 2.60. The van der Waals surface area contributed by atoms with Crippen molar-refractivity contribution in [2.45, 2.75) is 56.9 Å². The van der Waals surface area contributed by atoms with E-state index in [1.54, 1.807) is 6.20 Å². The first kappa shape index (κ1) is 17.0. The highest BCUT2D eigenvalue weighted by Gasteiger charge is 2.32. The second-order valence-corrected chi connectivity index (χ2v) is 6.57. The Morgan fingerprint density at radius 1 is 1.15 bits per heavy atom. The molecule has 0 amide bonds. The van der Waals surface area contributed by atoms with Gasteiger partial charge in [0.15, 0.2) is 5.82 Å². The first-order valence-electron chi connectivity index (χ1n) is 8.66. The van der Waals surface area contributed by atoms with Crippen molar-refractivity contribution in [3.05, 3.63) is 18.5 Å². The Kier molecular flexibility index (Phi) is 4.83. The first-order valence-corrected chi connectivity index (χ1v) is 8.66. The molecule has 10 heteroatoms. The summed E-state index contributed by atoms with van der Waals surface area (Å²) < 4.78 is 34.6. The van der Waals surface area contributed by atoms with Gasteiger partial charge in [-0.05, 0) is 25.7 Å². The zero-order valence-corrected chi connectivity index (χ0v) is 14.0. The zero-order valence-electron chi connectivity index (χ0n) is 14.0. The van der Waals surface area contributed by atoms with E-state index in [4.69, 9.17) is 4.74 Å². The Labute approximate surface area is 148 Å². The molecule has 0 aliphatic carbocycles. The standard InChI is InChI=1S/C16H20F2N6O2/c17-16(18)26-14-6-12(23-24-14)21-13-7-19-8-15(22-13)25-11-4-9-2-1-3-10(5-11)20-9/h6-11,16,20H,1-5H2,(H2,21,22,23,24)/t9-,10+,11?. The molecule has 2 aliphatic rings. The highest BCUT2D eigenvalue weighted by molar-refractivity contribution is 5.51. The molecule has 1 unspecified atom stereocenters. The molecule has 0 saturated carbocycles. The number of hydrogen-bond donors (Lipinski definition) is 3. The smallest absolute Gasteiger partial charge is 0.388 e. The molecule has 4 rings (SSSR count). The zero-order chi connectivity index (χ0) is 17.9. The van der Waals surface area contributed by atoms with E-state index < -0.39 is 6.61 Å². The molecule has 4 heterocycles. The van der Waals surface area contributed by atoms with E-state index in [1.807, 2.05) is 0 Å². The third-order valence-electron chi connectivity index (χ3n) is 4.60. The summed E-state index contributed by atoms with van der Waals surface area (Å²) in [7, 11) is 0. The maximum absolute atomic E-state index is 12.2. The molecule has 140 valence electrons. The van der Waals surface area contributed by atoms with Crippen molar-refractivity contribution in [2.75, 3.05) is 5.32 Å². The van der Waals surface area contributed by atoms with Gasteiger partial charge in [0, 0.05) is 18.2 Å². The fraction of sp³-hybridized carbons (Fsp3) is 0.562. The molecule has 3 N–H and O–H groups in total. The van der Waals surface area contributed by atoms with Crippen molar-refractivity contribution in [2.24, 2.45) is 0 Å². The number of H-pyrrole nitrogens is 1. The molecule has 2 fully saturated rings. The van der Waals surface area contributed by atoms with Crippen LogP contribution in [0.1, 0.15) is 32.1 Å². The average molecular weight is 366 g/mol. The van der Waals surface area contributed by atoms with E-state index in [2.05, 4.69) is 35.5 Å². The number of aromatic nitrogens is 4. The molecule has 0 radical (unpaired) electrons. The average Bonchev–Trinajstić information content (AvgIpc) is 3.01. The van der Waals surface area contributed by atoms with Crippen molar-refractivity contribution in [3.8, 4) is 11.8 Å². The van der Waals surface area contributed by atoms with Gasteiger partial charge in [0.2, 0.25) is 11.8 Å². The van der Waals surface area contributed by atoms with Crippen molar-refractivity contribution < 1.29 is 18.3 Å². The van der Waals surface area contributed by atoms with Crippen LogP contribution in [0.5, 0.6) is 11.8 Å². The lowest BCUT2D eigenvalue weighted by atomic mass is 9.85. The van der Waals surface area contributed by atoms with Crippen LogP contribution in [0.25, 0.3) is 0 Å². The third-order valence-corrected chi connectivity index (χ3v) is 4.60. The van der Waals surface area contributed by atoms with Crippen LogP contribution < -0.4 is 20.1 Å². The molecular weight excluding hydrogens is 346 g/mol. The number of piperidine rings is 2. The molecule has 2 saturated heterocycles. The van der Waals surface area contributed by atoms with Crippen LogP contribution >= 0.6 is 0 Å². The summed E-state index contributed by atoms with van der Waals surface area (Å²) in [6.07, 6.45) is 8.78. The third kappa shape index (κ3) is 4.18. The van der Waals surface area contributed by atoms with E-state index in [0.717, 1.165) is 12.8 Å². The van der Waals surface area contributed by atoms with Gasteiger partial charge in [0.25, 0.3) is 0 Å². The second kappa shape index (κ2) is 7.40. The maximum atomic E-state index is 12.2. The monoisotopic (exact) mass is 366 g/mol. The summed E-state index contributed by atoms with van der Waals surface area (Å²) in [5, 5.41) is 12.7. The molecular formula is C16H20F2N6O2. The largest absolute Gasteiger partial charge is 0.473 e. The van der Waals surface area contributed by atoms with Gasteiger partial charge < -0.3 is 20.1 Å². The highest BCUT2D eigenvalue weighted by atomic mass is 19.3. The SMILES string of the molecule is FC(F)Oc1cc(Nc2cncc(OC3C[C@H]4CCC[C@@H](C3)N4)n2)[nH]n1. The van der Waals surface area contributed by atoms with E-state index in [9.17, 15) is 8.78 Å². The molecule has 26 heavy (non-hydrogen) atoms. The molecule has 2 aromatic heterocycles. The quantitative estimate of drug-likeness (QED) is 0.723. The Balaban J connectivity index is 1.38. The summed E-state index contributed by atoms with van der Waals surface area (Å²) in [4.78, 5) is 8.50. The molecule has 3 atom stereocenters. The lowest BCUT2D eigenvalue weighted by Crippen LogP contribution is -2.51. The number of alkyl halides is 2. The summed E-state index contributed by atoms with van der Waals surface area (Å²) in [5.74, 6) is 1.01. The van der Waals surface area contributed by atoms with Crippen LogP contribution in [0, 0.1) is 0 Å². The Morgan fingerprint density at radius 2 is 1.96 bits per heavy atom. The van der Waals surface area contributed by atoms with Crippen LogP contribution in [0.4, 0.5) is 20.4 Å². The minimum atomic E-state index is -2.92. The van der Waals surface area contributed by atoms with Gasteiger partial charge >= 0.3 is 6.61 Å². The minimum absolute atomic E-state index is 0.120. The number of ether oxygens (including phenoxy) is 2. The Morgan fingerprint density at radius 3 is 2.73 bits per heavy atom. The maximum Gasteiger partial charge on any atom is 0.388 e. The lowest BCUT2D eigenvalue weighted by Gasteiger charge is -2.39. The number of anilines is 2. The second-order valence-electron chi connectivity index (χ2n) is 6.57. The van der Waals surface area contributed by atoms with Crippen LogP contribution in [0.2, 0.25) is 0 Å². The Bertz CT molecular complexity index is 731. The fourth-order valence-electron chi connectivity index (χ4n) is 3.60. The van der Waals surface area contributed by atoms with E-state index in [1.165, 1.54) is 31.5 Å². The minimum Gasteiger partial charge on any atom is -0.473 e. The van der Waals surface area contributed by atoms with Gasteiger partial charge in [-0.15, -0.1) is 5.10 Å². The summed E-state index contributed by atoms with van der Waals surface area (Å²) >= 11 is 0. The van der Waals surface area contributed by atoms with Gasteiger partial charge in [0.05, 0.1) is 12.4 Å². The lowest BCUT2D eigenvalue weighted by molar-refractivity contribution is -0.0528. The number of fused-ring (bicyclic) bond motifs is 2. The van der Waals surface area contributed by atoms with Crippen LogP contribution in [-0.4, -0.2) is 45.0 Å². The van der Waals surface area contributed by atoms with Crippen molar-refractivity contribution in [3.63, 3.8) is 0 Å². The number of halogens is 2. The van der Waals surface area contributed by atoms with Gasteiger partial charge in [-0.25, -0.2) is 0 Å². The van der Waals surface area contributed by atoms with Gasteiger partial charge in [-0.2, -0.15) is 13.8 Å². The highest BCUT2D eigenvalue weighted by Crippen LogP contribution is 2.28. The predicted molar refractivity (Wildman–Crippen MR) is 88.7 cm³/mol. The summed E-state index contributed by atoms with van der Waals surface area (Å²) in [5.41, 5.74) is 0. The van der Waals surface area contributed by atoms with Crippen LogP contribution in [0.15, 0.2) is 18.5 Å². The number of nitrogens with zero attached hydrogens (tertiary/aromatic N) is 3. The molecule has 0 spiro atoms. The van der Waals surface area contributed by atoms with Crippen LogP contribution in [0.3, 0.4) is 0 Å². The van der Waals surface area contributed by atoms with Gasteiger partial charge in [0.1, 0.15) is 11.9 Å². The summed E-state index contributed by atoms with van der Waals surface area (Å²) in [6, 6.07) is 2.34. The van der Waals surface area contributed by atoms with E-state index >= 15 is 0 Å². The first-order chi connectivity index (χ1) is 12.6. The molecule has 2 bridgehead atoms. The number of hydrogen-bond acceptors (Lipinski definition) is 7. The topological polar surface area (TPSA) is 97.0 Å².